The molecule has 1 aliphatic heterocycles. The molecule has 6 nitrogen and oxygen atoms in total. The average molecular weight is 339 g/mol. The third-order valence-electron chi connectivity index (χ3n) is 4.25. The first-order chi connectivity index (χ1) is 10.7. The highest BCUT2D eigenvalue weighted by Gasteiger charge is 2.26. The Morgan fingerprint density at radius 2 is 2.09 bits per heavy atom. The number of aromatic nitrogens is 2. The van der Waals surface area contributed by atoms with E-state index in [1.165, 1.54) is 0 Å². The van der Waals surface area contributed by atoms with Gasteiger partial charge in [0.25, 0.3) is 0 Å². The molecule has 2 atom stereocenters. The molecule has 1 fully saturated rings. The van der Waals surface area contributed by atoms with Gasteiger partial charge in [-0.3, -0.25) is 4.90 Å². The lowest BCUT2D eigenvalue weighted by Gasteiger charge is -2.30. The maximum atomic E-state index is 5.49. The van der Waals surface area contributed by atoms with E-state index >= 15 is 0 Å². The lowest BCUT2D eigenvalue weighted by molar-refractivity contribution is 0.190. The zero-order chi connectivity index (χ0) is 15.5. The summed E-state index contributed by atoms with van der Waals surface area (Å²) in [5.74, 6) is 2.32. The summed E-state index contributed by atoms with van der Waals surface area (Å²) in [4.78, 5) is 6.87. The molecule has 3 rings (SSSR count). The molecule has 1 saturated heterocycles. The SMILES string of the molecule is COc1ccc(C(C)c2nc(C3CNCCN3C)no2)cc1.Cl. The van der Waals surface area contributed by atoms with E-state index in [1.807, 2.05) is 24.3 Å². The fourth-order valence-electron chi connectivity index (χ4n) is 2.69. The molecule has 0 bridgehead atoms. The van der Waals surface area contributed by atoms with Gasteiger partial charge in [0, 0.05) is 19.6 Å². The largest absolute Gasteiger partial charge is 0.497 e. The van der Waals surface area contributed by atoms with Crippen LogP contribution in [0.15, 0.2) is 28.8 Å². The zero-order valence-electron chi connectivity index (χ0n) is 13.7. The minimum atomic E-state index is 0. The molecule has 0 radical (unpaired) electrons. The van der Waals surface area contributed by atoms with Gasteiger partial charge in [-0.05, 0) is 31.7 Å². The summed E-state index contributed by atoms with van der Waals surface area (Å²) < 4.78 is 10.7. The highest BCUT2D eigenvalue weighted by atomic mass is 35.5. The molecule has 0 saturated carbocycles. The van der Waals surface area contributed by atoms with Crippen molar-refractivity contribution >= 4 is 12.4 Å². The Morgan fingerprint density at radius 1 is 1.35 bits per heavy atom. The topological polar surface area (TPSA) is 63.4 Å². The van der Waals surface area contributed by atoms with Crippen molar-refractivity contribution in [3.05, 3.63) is 41.5 Å². The summed E-state index contributed by atoms with van der Waals surface area (Å²) in [7, 11) is 3.76. The van der Waals surface area contributed by atoms with Crippen molar-refractivity contribution in [2.24, 2.45) is 0 Å². The first-order valence-electron chi connectivity index (χ1n) is 7.57. The van der Waals surface area contributed by atoms with Crippen LogP contribution in [0, 0.1) is 0 Å². The van der Waals surface area contributed by atoms with Crippen LogP contribution in [-0.4, -0.2) is 48.8 Å². The number of ether oxygens (including phenoxy) is 1. The van der Waals surface area contributed by atoms with Crippen LogP contribution in [0.2, 0.25) is 0 Å². The number of methoxy groups -OCH3 is 1. The molecule has 1 aliphatic rings. The smallest absolute Gasteiger partial charge is 0.233 e. The van der Waals surface area contributed by atoms with E-state index in [2.05, 4.69) is 34.3 Å². The second-order valence-corrected chi connectivity index (χ2v) is 5.69. The van der Waals surface area contributed by atoms with E-state index in [9.17, 15) is 0 Å². The fourth-order valence-corrected chi connectivity index (χ4v) is 2.69. The second kappa shape index (κ2) is 7.77. The molecule has 126 valence electrons. The van der Waals surface area contributed by atoms with Gasteiger partial charge < -0.3 is 14.6 Å². The molecule has 0 amide bonds. The van der Waals surface area contributed by atoms with Crippen molar-refractivity contribution in [1.29, 1.82) is 0 Å². The number of nitrogens with zero attached hydrogens (tertiary/aromatic N) is 3. The third-order valence-corrected chi connectivity index (χ3v) is 4.25. The van der Waals surface area contributed by atoms with Crippen molar-refractivity contribution in [2.75, 3.05) is 33.8 Å². The summed E-state index contributed by atoms with van der Waals surface area (Å²) in [6.07, 6.45) is 0. The van der Waals surface area contributed by atoms with Crippen LogP contribution in [0.4, 0.5) is 0 Å². The van der Waals surface area contributed by atoms with Crippen molar-refractivity contribution in [3.8, 4) is 5.75 Å². The average Bonchev–Trinajstić information content (AvgIpc) is 3.04. The van der Waals surface area contributed by atoms with Crippen molar-refractivity contribution in [1.82, 2.24) is 20.4 Å². The summed E-state index contributed by atoms with van der Waals surface area (Å²) >= 11 is 0. The lowest BCUT2D eigenvalue weighted by atomic mass is 10.0. The monoisotopic (exact) mass is 338 g/mol. The Labute approximate surface area is 142 Å². The van der Waals surface area contributed by atoms with Gasteiger partial charge in [0.05, 0.1) is 19.1 Å². The van der Waals surface area contributed by atoms with Crippen LogP contribution >= 0.6 is 12.4 Å². The van der Waals surface area contributed by atoms with Crippen LogP contribution < -0.4 is 10.1 Å². The zero-order valence-corrected chi connectivity index (χ0v) is 14.5. The number of hydrogen-bond acceptors (Lipinski definition) is 6. The van der Waals surface area contributed by atoms with Crippen molar-refractivity contribution < 1.29 is 9.26 Å². The summed E-state index contributed by atoms with van der Waals surface area (Å²) in [6.45, 7) is 4.91. The maximum absolute atomic E-state index is 5.49. The molecular weight excluding hydrogens is 316 g/mol. The normalized spacial score (nSPS) is 19.9. The Morgan fingerprint density at radius 3 is 2.74 bits per heavy atom. The number of piperazine rings is 1. The predicted octanol–water partition coefficient (Wildman–Crippen LogP) is 2.23. The number of halogens is 1. The highest BCUT2D eigenvalue weighted by molar-refractivity contribution is 5.85. The molecule has 7 heteroatoms. The van der Waals surface area contributed by atoms with Crippen molar-refractivity contribution in [2.45, 2.75) is 18.9 Å². The Bertz CT molecular complexity index is 617. The molecule has 1 aromatic heterocycles. The number of rotatable bonds is 4. The van der Waals surface area contributed by atoms with Crippen LogP contribution in [0.5, 0.6) is 5.75 Å². The van der Waals surface area contributed by atoms with Crippen LogP contribution in [0.1, 0.15) is 36.2 Å². The summed E-state index contributed by atoms with van der Waals surface area (Å²) in [6, 6.07) is 8.13. The Balaban J connectivity index is 0.00000192. The van der Waals surface area contributed by atoms with E-state index in [-0.39, 0.29) is 24.4 Å². The quantitative estimate of drug-likeness (QED) is 0.922. The molecule has 0 aliphatic carbocycles. The predicted molar refractivity (Wildman–Crippen MR) is 90.3 cm³/mol. The minimum Gasteiger partial charge on any atom is -0.497 e. The minimum absolute atomic E-state index is 0. The van der Waals surface area contributed by atoms with Gasteiger partial charge in [0.2, 0.25) is 5.89 Å². The van der Waals surface area contributed by atoms with E-state index < -0.39 is 0 Å². The van der Waals surface area contributed by atoms with Crippen LogP contribution in [0.25, 0.3) is 0 Å². The number of benzene rings is 1. The molecule has 2 heterocycles. The van der Waals surface area contributed by atoms with Gasteiger partial charge in [0.1, 0.15) is 5.75 Å². The van der Waals surface area contributed by atoms with Gasteiger partial charge in [-0.25, -0.2) is 0 Å². The summed E-state index contributed by atoms with van der Waals surface area (Å²) in [5, 5.41) is 7.55. The van der Waals surface area contributed by atoms with Gasteiger partial charge in [-0.2, -0.15) is 4.98 Å². The Kier molecular flexibility index (Phi) is 5.98. The van der Waals surface area contributed by atoms with Gasteiger partial charge in [0.15, 0.2) is 5.82 Å². The number of nitrogens with one attached hydrogen (secondary N) is 1. The first kappa shape index (κ1) is 17.7. The number of likely N-dealkylation sites (N-methyl/N-ethyl adjacent to an activating group) is 1. The molecule has 23 heavy (non-hydrogen) atoms. The molecular formula is C16H23ClN4O2. The molecule has 2 unspecified atom stereocenters. The van der Waals surface area contributed by atoms with Crippen LogP contribution in [0.3, 0.4) is 0 Å². The van der Waals surface area contributed by atoms with Gasteiger partial charge in [-0.1, -0.05) is 17.3 Å². The van der Waals surface area contributed by atoms with E-state index in [0.29, 0.717) is 5.89 Å². The highest BCUT2D eigenvalue weighted by Crippen LogP contribution is 2.26. The molecule has 1 aromatic carbocycles. The van der Waals surface area contributed by atoms with Gasteiger partial charge >= 0.3 is 0 Å². The molecule has 1 N–H and O–H groups in total. The summed E-state index contributed by atoms with van der Waals surface area (Å²) in [5.41, 5.74) is 1.13. The van der Waals surface area contributed by atoms with E-state index in [4.69, 9.17) is 9.26 Å². The second-order valence-electron chi connectivity index (χ2n) is 5.69. The molecule has 0 spiro atoms. The third kappa shape index (κ3) is 3.83. The lowest BCUT2D eigenvalue weighted by Crippen LogP contribution is -2.44. The number of hydrogen-bond donors (Lipinski definition) is 1. The first-order valence-corrected chi connectivity index (χ1v) is 7.57. The van der Waals surface area contributed by atoms with E-state index in [0.717, 1.165) is 36.8 Å². The maximum Gasteiger partial charge on any atom is 0.233 e. The van der Waals surface area contributed by atoms with Gasteiger partial charge in [-0.15, -0.1) is 12.4 Å². The van der Waals surface area contributed by atoms with Crippen LogP contribution in [-0.2, 0) is 0 Å². The van der Waals surface area contributed by atoms with E-state index in [1.54, 1.807) is 7.11 Å². The fraction of sp³-hybridized carbons (Fsp3) is 0.500. The standard InChI is InChI=1S/C16H22N4O2.ClH/c1-11(12-4-6-13(21-3)7-5-12)16-18-15(19-22-16)14-10-17-8-9-20(14)2;/h4-7,11,14,17H,8-10H2,1-3H3;1H. The molecule has 2 aromatic rings. The van der Waals surface area contributed by atoms with Crippen molar-refractivity contribution in [3.63, 3.8) is 0 Å². The Hall–Kier alpha value is -1.63.